The van der Waals surface area contributed by atoms with Crippen LogP contribution in [0.25, 0.3) is 0 Å². The molecule has 0 aliphatic rings. The summed E-state index contributed by atoms with van der Waals surface area (Å²) in [5.74, 6) is 0.295. The quantitative estimate of drug-likeness (QED) is 0.878. The molecule has 0 fully saturated rings. The van der Waals surface area contributed by atoms with Crippen LogP contribution in [0.15, 0.2) is 53.4 Å². The minimum atomic E-state index is -3.88. The van der Waals surface area contributed by atoms with E-state index in [1.807, 2.05) is 13.8 Å². The normalized spacial score (nSPS) is 11.6. The topological polar surface area (TPSA) is 63.6 Å². The third-order valence-electron chi connectivity index (χ3n) is 2.85. The van der Waals surface area contributed by atoms with Gasteiger partial charge in [0.25, 0.3) is 0 Å². The fourth-order valence-corrected chi connectivity index (χ4v) is 3.15. The predicted molar refractivity (Wildman–Crippen MR) is 76.5 cm³/mol. The molecule has 2 aromatic rings. The third kappa shape index (κ3) is 3.11. The van der Waals surface area contributed by atoms with E-state index in [1.165, 1.54) is 30.3 Å². The minimum Gasteiger partial charge on any atom is -0.508 e. The molecule has 106 valence electrons. The maximum atomic E-state index is 12.3. The van der Waals surface area contributed by atoms with Gasteiger partial charge in [-0.2, -0.15) is 8.42 Å². The molecule has 0 saturated heterocycles. The Labute approximate surface area is 118 Å². The smallest absolute Gasteiger partial charge is 0.339 e. The molecule has 0 aliphatic carbocycles. The Balaban J connectivity index is 2.38. The fraction of sp³-hybridized carbons (Fsp3) is 0.200. The summed E-state index contributed by atoms with van der Waals surface area (Å²) in [5, 5.41) is 9.18. The standard InChI is InChI=1S/C15H16O4S/c1-11(2)14-5-3-4-6-15(14)20(17,18)19-13-9-7-12(16)8-10-13/h3-11,16H,1-2H3. The second-order valence-corrected chi connectivity index (χ2v) is 6.24. The lowest BCUT2D eigenvalue weighted by atomic mass is 10.0. The fourth-order valence-electron chi connectivity index (χ4n) is 1.86. The molecule has 0 aliphatic heterocycles. The van der Waals surface area contributed by atoms with Crippen LogP contribution in [0, 0.1) is 0 Å². The van der Waals surface area contributed by atoms with E-state index in [0.29, 0.717) is 5.56 Å². The highest BCUT2D eigenvalue weighted by Crippen LogP contribution is 2.27. The van der Waals surface area contributed by atoms with E-state index >= 15 is 0 Å². The van der Waals surface area contributed by atoms with Gasteiger partial charge in [0.15, 0.2) is 0 Å². The van der Waals surface area contributed by atoms with E-state index in [2.05, 4.69) is 0 Å². The Morgan fingerprint density at radius 1 is 1.00 bits per heavy atom. The summed E-state index contributed by atoms with van der Waals surface area (Å²) in [5.41, 5.74) is 0.714. The highest BCUT2D eigenvalue weighted by molar-refractivity contribution is 7.87. The second kappa shape index (κ2) is 5.54. The zero-order chi connectivity index (χ0) is 14.8. The molecule has 0 radical (unpaired) electrons. The van der Waals surface area contributed by atoms with Gasteiger partial charge in [-0.1, -0.05) is 32.0 Å². The van der Waals surface area contributed by atoms with Gasteiger partial charge in [0.1, 0.15) is 16.4 Å². The predicted octanol–water partition coefficient (Wildman–Crippen LogP) is 3.28. The SMILES string of the molecule is CC(C)c1ccccc1S(=O)(=O)Oc1ccc(O)cc1. The molecule has 0 aromatic heterocycles. The molecule has 1 N–H and O–H groups in total. The van der Waals surface area contributed by atoms with Crippen LogP contribution in [0.2, 0.25) is 0 Å². The highest BCUT2D eigenvalue weighted by atomic mass is 32.2. The van der Waals surface area contributed by atoms with Gasteiger partial charge in [-0.25, -0.2) is 0 Å². The molecule has 0 heterocycles. The van der Waals surface area contributed by atoms with Crippen LogP contribution in [-0.4, -0.2) is 13.5 Å². The van der Waals surface area contributed by atoms with Gasteiger partial charge in [0.2, 0.25) is 0 Å². The summed E-state index contributed by atoms with van der Waals surface area (Å²) in [6.45, 7) is 3.85. The number of hydrogen-bond donors (Lipinski definition) is 1. The molecule has 0 bridgehead atoms. The number of phenols is 1. The van der Waals surface area contributed by atoms with E-state index in [0.717, 1.165) is 0 Å². The zero-order valence-corrected chi connectivity index (χ0v) is 12.1. The average Bonchev–Trinajstić information content (AvgIpc) is 2.41. The van der Waals surface area contributed by atoms with Crippen LogP contribution in [-0.2, 0) is 10.1 Å². The van der Waals surface area contributed by atoms with Crippen molar-refractivity contribution in [1.82, 2.24) is 0 Å². The molecular weight excluding hydrogens is 276 g/mol. The van der Waals surface area contributed by atoms with Crippen LogP contribution >= 0.6 is 0 Å². The summed E-state index contributed by atoms with van der Waals surface area (Å²) in [6, 6.07) is 12.3. The maximum Gasteiger partial charge on any atom is 0.339 e. The summed E-state index contributed by atoms with van der Waals surface area (Å²) < 4.78 is 29.7. The molecular formula is C15H16O4S. The molecule has 2 rings (SSSR count). The lowest BCUT2D eigenvalue weighted by Gasteiger charge is -2.13. The molecule has 20 heavy (non-hydrogen) atoms. The molecule has 2 aromatic carbocycles. The molecule has 4 nitrogen and oxygen atoms in total. The van der Waals surface area contributed by atoms with Crippen LogP contribution in [0.4, 0.5) is 0 Å². The van der Waals surface area contributed by atoms with Crippen molar-refractivity contribution in [3.8, 4) is 11.5 Å². The van der Waals surface area contributed by atoms with Crippen LogP contribution in [0.1, 0.15) is 25.3 Å². The molecule has 5 heteroatoms. The van der Waals surface area contributed by atoms with Crippen molar-refractivity contribution in [2.75, 3.05) is 0 Å². The molecule has 0 spiro atoms. The number of benzene rings is 2. The molecule has 0 atom stereocenters. The van der Waals surface area contributed by atoms with Gasteiger partial charge < -0.3 is 9.29 Å². The Morgan fingerprint density at radius 3 is 2.20 bits per heavy atom. The lowest BCUT2D eigenvalue weighted by molar-refractivity contribution is 0.468. The first-order chi connectivity index (χ1) is 9.40. The first-order valence-electron chi connectivity index (χ1n) is 6.22. The van der Waals surface area contributed by atoms with E-state index in [9.17, 15) is 13.5 Å². The van der Waals surface area contributed by atoms with Crippen molar-refractivity contribution in [2.45, 2.75) is 24.7 Å². The van der Waals surface area contributed by atoms with Crippen molar-refractivity contribution in [2.24, 2.45) is 0 Å². The van der Waals surface area contributed by atoms with Gasteiger partial charge in [-0.05, 0) is 41.8 Å². The van der Waals surface area contributed by atoms with Crippen molar-refractivity contribution in [3.05, 3.63) is 54.1 Å². The van der Waals surface area contributed by atoms with Gasteiger partial charge in [-0.3, -0.25) is 0 Å². The first-order valence-corrected chi connectivity index (χ1v) is 7.63. The zero-order valence-electron chi connectivity index (χ0n) is 11.3. The van der Waals surface area contributed by atoms with Crippen molar-refractivity contribution >= 4 is 10.1 Å². The Kier molecular flexibility index (Phi) is 3.99. The summed E-state index contributed by atoms with van der Waals surface area (Å²) in [6.07, 6.45) is 0. The first kappa shape index (κ1) is 14.4. The summed E-state index contributed by atoms with van der Waals surface area (Å²) in [7, 11) is -3.88. The number of hydrogen-bond acceptors (Lipinski definition) is 4. The van der Waals surface area contributed by atoms with Gasteiger partial charge in [0, 0.05) is 0 Å². The van der Waals surface area contributed by atoms with Crippen molar-refractivity contribution < 1.29 is 17.7 Å². The van der Waals surface area contributed by atoms with Crippen LogP contribution in [0.5, 0.6) is 11.5 Å². The Bertz CT molecular complexity index is 688. The number of aromatic hydroxyl groups is 1. The van der Waals surface area contributed by atoms with Gasteiger partial charge >= 0.3 is 10.1 Å². The van der Waals surface area contributed by atoms with Gasteiger partial charge in [-0.15, -0.1) is 0 Å². The van der Waals surface area contributed by atoms with Gasteiger partial charge in [0.05, 0.1) is 0 Å². The average molecular weight is 292 g/mol. The molecule has 0 saturated carbocycles. The Morgan fingerprint density at radius 2 is 1.60 bits per heavy atom. The maximum absolute atomic E-state index is 12.3. The number of phenolic OH excluding ortho intramolecular Hbond substituents is 1. The van der Waals surface area contributed by atoms with E-state index in [4.69, 9.17) is 4.18 Å². The van der Waals surface area contributed by atoms with E-state index < -0.39 is 10.1 Å². The third-order valence-corrected chi connectivity index (χ3v) is 4.18. The van der Waals surface area contributed by atoms with Crippen LogP contribution < -0.4 is 4.18 Å². The summed E-state index contributed by atoms with van der Waals surface area (Å²) >= 11 is 0. The van der Waals surface area contributed by atoms with Crippen molar-refractivity contribution in [3.63, 3.8) is 0 Å². The van der Waals surface area contributed by atoms with Crippen molar-refractivity contribution in [1.29, 1.82) is 0 Å². The highest BCUT2D eigenvalue weighted by Gasteiger charge is 2.21. The monoisotopic (exact) mass is 292 g/mol. The van der Waals surface area contributed by atoms with Crippen LogP contribution in [0.3, 0.4) is 0 Å². The van der Waals surface area contributed by atoms with E-state index in [1.54, 1.807) is 18.2 Å². The van der Waals surface area contributed by atoms with E-state index in [-0.39, 0.29) is 22.3 Å². The lowest BCUT2D eigenvalue weighted by Crippen LogP contribution is -2.12. The Hall–Kier alpha value is -2.01. The second-order valence-electron chi connectivity index (χ2n) is 4.72. The molecule has 0 amide bonds. The largest absolute Gasteiger partial charge is 0.508 e. The molecule has 0 unspecified atom stereocenters. The minimum absolute atomic E-state index is 0.0531. The summed E-state index contributed by atoms with van der Waals surface area (Å²) in [4.78, 5) is 0.170. The number of rotatable bonds is 4.